The first kappa shape index (κ1) is 10.6. The number of pyridine rings is 1. The lowest BCUT2D eigenvalue weighted by molar-refractivity contribution is 0.0690. The van der Waals surface area contributed by atoms with Gasteiger partial charge in [-0.1, -0.05) is 6.07 Å². The summed E-state index contributed by atoms with van der Waals surface area (Å²) < 4.78 is 0. The maximum Gasteiger partial charge on any atom is 0.354 e. The van der Waals surface area contributed by atoms with E-state index in [1.54, 1.807) is 12.1 Å². The molecule has 1 heterocycles. The van der Waals surface area contributed by atoms with Crippen LogP contribution < -0.4 is 5.73 Å². The lowest BCUT2D eigenvalue weighted by Gasteiger charge is -2.09. The van der Waals surface area contributed by atoms with Gasteiger partial charge in [0.1, 0.15) is 5.69 Å². The lowest BCUT2D eigenvalue weighted by atomic mass is 10.1. The Morgan fingerprint density at radius 3 is 2.86 bits per heavy atom. The van der Waals surface area contributed by atoms with E-state index in [-0.39, 0.29) is 12.3 Å². The van der Waals surface area contributed by atoms with E-state index in [2.05, 4.69) is 4.98 Å². The van der Waals surface area contributed by atoms with Crippen LogP contribution in [0.1, 0.15) is 28.6 Å². The Kier molecular flexibility index (Phi) is 3.55. The van der Waals surface area contributed by atoms with Crippen molar-refractivity contribution in [2.24, 2.45) is 5.73 Å². The van der Waals surface area contributed by atoms with Gasteiger partial charge in [0.25, 0.3) is 0 Å². The normalized spacial score (nSPS) is 12.4. The number of carboxylic acids is 1. The third-order valence-corrected chi connectivity index (χ3v) is 1.81. The summed E-state index contributed by atoms with van der Waals surface area (Å²) >= 11 is 0. The van der Waals surface area contributed by atoms with Gasteiger partial charge in [-0.25, -0.2) is 9.78 Å². The van der Waals surface area contributed by atoms with Crippen molar-refractivity contribution >= 4 is 5.97 Å². The number of nitrogens with zero attached hydrogens (tertiary/aromatic N) is 1. The van der Waals surface area contributed by atoms with Crippen LogP contribution in [-0.2, 0) is 0 Å². The summed E-state index contributed by atoms with van der Waals surface area (Å²) in [6.07, 6.45) is 0.371. The maximum absolute atomic E-state index is 10.6. The van der Waals surface area contributed by atoms with Crippen LogP contribution in [0, 0.1) is 0 Å². The number of aromatic carboxylic acids is 1. The highest BCUT2D eigenvalue weighted by Gasteiger charge is 2.10. The maximum atomic E-state index is 10.6. The van der Waals surface area contributed by atoms with Crippen LogP contribution in [0.2, 0.25) is 0 Å². The lowest BCUT2D eigenvalue weighted by Crippen LogP contribution is -2.15. The fourth-order valence-electron chi connectivity index (χ4n) is 1.06. The predicted octanol–water partition coefficient (Wildman–Crippen LogP) is 0.162. The Hall–Kier alpha value is -1.46. The largest absolute Gasteiger partial charge is 0.477 e. The van der Waals surface area contributed by atoms with E-state index in [0.29, 0.717) is 12.1 Å². The first-order valence-corrected chi connectivity index (χ1v) is 4.22. The first-order valence-electron chi connectivity index (χ1n) is 4.22. The van der Waals surface area contributed by atoms with Crippen LogP contribution in [0.15, 0.2) is 18.2 Å². The molecule has 5 nitrogen and oxygen atoms in total. The summed E-state index contributed by atoms with van der Waals surface area (Å²) in [7, 11) is 0. The van der Waals surface area contributed by atoms with Crippen LogP contribution in [0.4, 0.5) is 0 Å². The van der Waals surface area contributed by atoms with Gasteiger partial charge >= 0.3 is 5.97 Å². The van der Waals surface area contributed by atoms with E-state index in [1.165, 1.54) is 6.07 Å². The Bertz CT molecular complexity index is 328. The molecule has 1 aromatic rings. The van der Waals surface area contributed by atoms with Gasteiger partial charge < -0.3 is 15.9 Å². The van der Waals surface area contributed by atoms with Crippen molar-refractivity contribution in [3.05, 3.63) is 29.6 Å². The summed E-state index contributed by atoms with van der Waals surface area (Å²) in [6, 6.07) is 4.21. The van der Waals surface area contributed by atoms with Gasteiger partial charge in [0, 0.05) is 12.6 Å². The third-order valence-electron chi connectivity index (χ3n) is 1.81. The van der Waals surface area contributed by atoms with Crippen LogP contribution in [0.5, 0.6) is 0 Å². The molecule has 76 valence electrons. The topological polar surface area (TPSA) is 96.4 Å². The molecule has 0 aliphatic carbocycles. The molecule has 1 unspecified atom stereocenters. The molecule has 0 saturated carbocycles. The number of nitrogens with two attached hydrogens (primary N) is 1. The number of rotatable bonds is 4. The van der Waals surface area contributed by atoms with Crippen molar-refractivity contribution in [2.45, 2.75) is 12.5 Å². The molecule has 0 aliphatic heterocycles. The molecule has 0 bridgehead atoms. The Labute approximate surface area is 81.2 Å². The van der Waals surface area contributed by atoms with E-state index in [0.717, 1.165) is 0 Å². The van der Waals surface area contributed by atoms with Gasteiger partial charge in [-0.3, -0.25) is 0 Å². The average molecular weight is 196 g/mol. The van der Waals surface area contributed by atoms with Gasteiger partial charge in [0.15, 0.2) is 0 Å². The molecule has 14 heavy (non-hydrogen) atoms. The smallest absolute Gasteiger partial charge is 0.354 e. The van der Waals surface area contributed by atoms with Crippen molar-refractivity contribution in [1.82, 2.24) is 4.98 Å². The molecule has 1 atom stereocenters. The third kappa shape index (κ3) is 2.51. The van der Waals surface area contributed by atoms with Crippen LogP contribution in [0.25, 0.3) is 0 Å². The summed E-state index contributed by atoms with van der Waals surface area (Å²) in [5.74, 6) is -1.08. The predicted molar refractivity (Wildman–Crippen MR) is 49.8 cm³/mol. The highest BCUT2D eigenvalue weighted by molar-refractivity contribution is 5.85. The monoisotopic (exact) mass is 196 g/mol. The number of aliphatic hydroxyl groups excluding tert-OH is 1. The molecule has 4 N–H and O–H groups in total. The van der Waals surface area contributed by atoms with Gasteiger partial charge in [-0.15, -0.1) is 0 Å². The molecule has 0 saturated heterocycles. The zero-order valence-electron chi connectivity index (χ0n) is 7.55. The molecular weight excluding hydrogens is 184 g/mol. The summed E-state index contributed by atoms with van der Waals surface area (Å²) in [5.41, 5.74) is 6.11. The molecule has 0 radical (unpaired) electrons. The minimum Gasteiger partial charge on any atom is -0.477 e. The molecule has 5 heteroatoms. The zero-order chi connectivity index (χ0) is 10.6. The Balaban J connectivity index is 2.87. The van der Waals surface area contributed by atoms with E-state index in [9.17, 15) is 4.79 Å². The van der Waals surface area contributed by atoms with Crippen molar-refractivity contribution in [3.8, 4) is 0 Å². The number of aliphatic hydroxyl groups is 1. The number of aromatic nitrogens is 1. The fourth-order valence-corrected chi connectivity index (χ4v) is 1.06. The van der Waals surface area contributed by atoms with Crippen LogP contribution in [-0.4, -0.2) is 27.8 Å². The van der Waals surface area contributed by atoms with Gasteiger partial charge in [0.2, 0.25) is 0 Å². The van der Waals surface area contributed by atoms with E-state index >= 15 is 0 Å². The second kappa shape index (κ2) is 4.69. The van der Waals surface area contributed by atoms with Gasteiger partial charge in [-0.05, 0) is 18.6 Å². The van der Waals surface area contributed by atoms with Crippen molar-refractivity contribution < 1.29 is 15.0 Å². The number of hydrogen-bond donors (Lipinski definition) is 3. The Morgan fingerprint density at radius 1 is 1.57 bits per heavy atom. The van der Waals surface area contributed by atoms with Gasteiger partial charge in [0.05, 0.1) is 5.69 Å². The second-order valence-electron chi connectivity index (χ2n) is 2.87. The van der Waals surface area contributed by atoms with Crippen molar-refractivity contribution in [2.75, 3.05) is 6.61 Å². The molecule has 0 spiro atoms. The number of carboxylic acid groups (broad SMARTS) is 1. The van der Waals surface area contributed by atoms with Crippen molar-refractivity contribution in [1.29, 1.82) is 0 Å². The SMILES string of the molecule is NC(CCO)c1cccc(C(=O)O)n1. The van der Waals surface area contributed by atoms with Gasteiger partial charge in [-0.2, -0.15) is 0 Å². The average Bonchev–Trinajstić information content (AvgIpc) is 2.18. The van der Waals surface area contributed by atoms with Crippen molar-refractivity contribution in [3.63, 3.8) is 0 Å². The summed E-state index contributed by atoms with van der Waals surface area (Å²) in [6.45, 7) is -0.0415. The molecule has 0 aromatic carbocycles. The second-order valence-corrected chi connectivity index (χ2v) is 2.87. The summed E-state index contributed by atoms with van der Waals surface area (Å²) in [5, 5.41) is 17.3. The molecular formula is C9H12N2O3. The number of carbonyl (C=O) groups is 1. The minimum atomic E-state index is -1.08. The number of hydrogen-bond acceptors (Lipinski definition) is 4. The highest BCUT2D eigenvalue weighted by atomic mass is 16.4. The molecule has 0 aliphatic rings. The van der Waals surface area contributed by atoms with E-state index in [4.69, 9.17) is 15.9 Å². The van der Waals surface area contributed by atoms with Crippen LogP contribution in [0.3, 0.4) is 0 Å². The highest BCUT2D eigenvalue weighted by Crippen LogP contribution is 2.11. The Morgan fingerprint density at radius 2 is 2.29 bits per heavy atom. The first-order chi connectivity index (χ1) is 6.65. The minimum absolute atomic E-state index is 0.0316. The zero-order valence-corrected chi connectivity index (χ0v) is 7.55. The molecule has 0 amide bonds. The standard InChI is InChI=1S/C9H12N2O3/c10-6(4-5-12)7-2-1-3-8(11-7)9(13)14/h1-3,6,12H,4-5,10H2,(H,13,14). The van der Waals surface area contributed by atoms with E-state index < -0.39 is 12.0 Å². The fraction of sp³-hybridized carbons (Fsp3) is 0.333. The summed E-state index contributed by atoms with van der Waals surface area (Å²) in [4.78, 5) is 14.4. The molecule has 1 aromatic heterocycles. The van der Waals surface area contributed by atoms with Crippen LogP contribution >= 0.6 is 0 Å². The molecule has 0 fully saturated rings. The van der Waals surface area contributed by atoms with E-state index in [1.807, 2.05) is 0 Å². The molecule has 1 rings (SSSR count). The quantitative estimate of drug-likeness (QED) is 0.637.